The number of hydrogen-bond donors (Lipinski definition) is 1. The number of carboxylic acid groups (broad SMARTS) is 1. The summed E-state index contributed by atoms with van der Waals surface area (Å²) in [6.45, 7) is 1.46. The first-order valence-electron chi connectivity index (χ1n) is 11.2. The Kier molecular flexibility index (Phi) is 8.06. The van der Waals surface area contributed by atoms with Crippen molar-refractivity contribution in [3.63, 3.8) is 0 Å². The predicted octanol–water partition coefficient (Wildman–Crippen LogP) is 6.74. The summed E-state index contributed by atoms with van der Waals surface area (Å²) in [6.07, 6.45) is -4.78. The first kappa shape index (κ1) is 26.8. The Morgan fingerprint density at radius 3 is 2.34 bits per heavy atom. The molecule has 0 aliphatic carbocycles. The van der Waals surface area contributed by atoms with Crippen LogP contribution in [0.3, 0.4) is 0 Å². The van der Waals surface area contributed by atoms with Crippen molar-refractivity contribution in [2.45, 2.75) is 19.9 Å². The molecule has 4 rings (SSSR count). The van der Waals surface area contributed by atoms with E-state index in [1.807, 2.05) is 18.2 Å². The van der Waals surface area contributed by atoms with E-state index in [1.54, 1.807) is 50.4 Å². The number of thiazole rings is 1. The SMILES string of the molecule is COc1cccc(-c2nc(COc3ccc(OCC(=O)O)c(C)c3)sc2-c2ccc(OC(F)(F)F)cc2)c1. The van der Waals surface area contributed by atoms with E-state index in [-0.39, 0.29) is 12.4 Å². The van der Waals surface area contributed by atoms with Gasteiger partial charge in [0.05, 0.1) is 17.7 Å². The van der Waals surface area contributed by atoms with Gasteiger partial charge >= 0.3 is 12.3 Å². The fourth-order valence-electron chi connectivity index (χ4n) is 3.55. The van der Waals surface area contributed by atoms with Crippen LogP contribution in [0.1, 0.15) is 10.6 Å². The number of rotatable bonds is 10. The lowest BCUT2D eigenvalue weighted by Gasteiger charge is -2.09. The van der Waals surface area contributed by atoms with Crippen LogP contribution in [0.25, 0.3) is 21.7 Å². The summed E-state index contributed by atoms with van der Waals surface area (Å²) in [4.78, 5) is 16.2. The number of halogens is 3. The van der Waals surface area contributed by atoms with Crippen LogP contribution in [0.4, 0.5) is 13.2 Å². The normalized spacial score (nSPS) is 11.2. The third kappa shape index (κ3) is 6.94. The van der Waals surface area contributed by atoms with Gasteiger partial charge < -0.3 is 24.1 Å². The molecule has 4 aromatic rings. The van der Waals surface area contributed by atoms with Crippen LogP contribution in [-0.4, -0.2) is 36.1 Å². The number of carbonyl (C=O) groups is 1. The zero-order chi connectivity index (χ0) is 27.3. The number of alkyl halides is 3. The summed E-state index contributed by atoms with van der Waals surface area (Å²) in [5.41, 5.74) is 2.78. The number of aryl methyl sites for hydroxylation is 1. The summed E-state index contributed by atoms with van der Waals surface area (Å²) >= 11 is 1.35. The van der Waals surface area contributed by atoms with E-state index in [0.29, 0.717) is 39.1 Å². The van der Waals surface area contributed by atoms with E-state index < -0.39 is 18.9 Å². The van der Waals surface area contributed by atoms with Crippen LogP contribution in [0.15, 0.2) is 66.7 Å². The topological polar surface area (TPSA) is 87.1 Å². The maximum Gasteiger partial charge on any atom is 0.573 e. The standard InChI is InChI=1S/C27H22F3NO6S/c1-16-12-21(10-11-22(16)36-15-24(32)33)35-14-23-31-25(18-4-3-5-20(13-18)34-2)26(38-23)17-6-8-19(9-7-17)37-27(28,29)30/h3-13H,14-15H2,1-2H3,(H,32,33). The molecule has 0 unspecified atom stereocenters. The Hall–Kier alpha value is -4.25. The van der Waals surface area contributed by atoms with E-state index >= 15 is 0 Å². The second kappa shape index (κ2) is 11.4. The number of aromatic nitrogens is 1. The molecular formula is C27H22F3NO6S. The van der Waals surface area contributed by atoms with Crippen LogP contribution in [-0.2, 0) is 11.4 Å². The van der Waals surface area contributed by atoms with Gasteiger partial charge in [0.15, 0.2) is 6.61 Å². The molecule has 38 heavy (non-hydrogen) atoms. The molecular weight excluding hydrogens is 523 g/mol. The Bertz CT molecular complexity index is 1420. The van der Waals surface area contributed by atoms with Crippen molar-refractivity contribution in [2.75, 3.05) is 13.7 Å². The molecule has 0 saturated carbocycles. The van der Waals surface area contributed by atoms with Gasteiger partial charge in [-0.3, -0.25) is 0 Å². The second-order valence-corrected chi connectivity index (χ2v) is 9.07. The number of methoxy groups -OCH3 is 1. The van der Waals surface area contributed by atoms with Crippen LogP contribution in [0.2, 0.25) is 0 Å². The van der Waals surface area contributed by atoms with Gasteiger partial charge in [0.25, 0.3) is 0 Å². The summed E-state index contributed by atoms with van der Waals surface area (Å²) in [7, 11) is 1.56. The minimum atomic E-state index is -4.78. The van der Waals surface area contributed by atoms with E-state index in [2.05, 4.69) is 4.74 Å². The highest BCUT2D eigenvalue weighted by Gasteiger charge is 2.31. The molecule has 7 nitrogen and oxygen atoms in total. The Morgan fingerprint density at radius 1 is 0.947 bits per heavy atom. The predicted molar refractivity (Wildman–Crippen MR) is 135 cm³/mol. The molecule has 0 aliphatic rings. The molecule has 0 aliphatic heterocycles. The summed E-state index contributed by atoms with van der Waals surface area (Å²) < 4.78 is 58.2. The average molecular weight is 546 g/mol. The number of benzene rings is 3. The highest BCUT2D eigenvalue weighted by molar-refractivity contribution is 7.15. The van der Waals surface area contributed by atoms with Gasteiger partial charge in [-0.25, -0.2) is 9.78 Å². The van der Waals surface area contributed by atoms with Crippen LogP contribution >= 0.6 is 11.3 Å². The van der Waals surface area contributed by atoms with Crippen molar-refractivity contribution in [2.24, 2.45) is 0 Å². The molecule has 0 bridgehead atoms. The Labute approximate surface area is 220 Å². The molecule has 3 aromatic carbocycles. The van der Waals surface area contributed by atoms with Gasteiger partial charge in [-0.05, 0) is 72.6 Å². The molecule has 0 spiro atoms. The van der Waals surface area contributed by atoms with Crippen molar-refractivity contribution in [3.8, 4) is 44.7 Å². The zero-order valence-electron chi connectivity index (χ0n) is 20.2. The molecule has 0 radical (unpaired) electrons. The third-order valence-corrected chi connectivity index (χ3v) is 6.30. The van der Waals surface area contributed by atoms with Gasteiger partial charge in [0.1, 0.15) is 34.6 Å². The highest BCUT2D eigenvalue weighted by Crippen LogP contribution is 2.39. The maximum absolute atomic E-state index is 12.6. The third-order valence-electron chi connectivity index (χ3n) is 5.22. The number of ether oxygens (including phenoxy) is 4. The molecule has 0 fully saturated rings. The fraction of sp³-hybridized carbons (Fsp3) is 0.185. The van der Waals surface area contributed by atoms with Crippen molar-refractivity contribution in [1.29, 1.82) is 0 Å². The van der Waals surface area contributed by atoms with Gasteiger partial charge in [0.2, 0.25) is 0 Å². The maximum atomic E-state index is 12.6. The van der Waals surface area contributed by atoms with Crippen molar-refractivity contribution >= 4 is 17.3 Å². The average Bonchev–Trinajstić information content (AvgIpc) is 3.31. The lowest BCUT2D eigenvalue weighted by Crippen LogP contribution is -2.16. The van der Waals surface area contributed by atoms with Crippen molar-refractivity contribution in [3.05, 3.63) is 77.3 Å². The summed E-state index contributed by atoms with van der Waals surface area (Å²) in [6, 6.07) is 17.9. The highest BCUT2D eigenvalue weighted by atomic mass is 32.1. The quantitative estimate of drug-likeness (QED) is 0.236. The first-order chi connectivity index (χ1) is 18.1. The second-order valence-electron chi connectivity index (χ2n) is 7.99. The molecule has 0 saturated heterocycles. The molecule has 1 N–H and O–H groups in total. The number of nitrogens with zero attached hydrogens (tertiary/aromatic N) is 1. The molecule has 1 heterocycles. The van der Waals surface area contributed by atoms with E-state index in [1.165, 1.54) is 23.5 Å². The van der Waals surface area contributed by atoms with Gasteiger partial charge in [-0.1, -0.05) is 12.1 Å². The van der Waals surface area contributed by atoms with Gasteiger partial charge in [-0.15, -0.1) is 24.5 Å². The van der Waals surface area contributed by atoms with Crippen LogP contribution < -0.4 is 18.9 Å². The number of hydrogen-bond acceptors (Lipinski definition) is 7. The van der Waals surface area contributed by atoms with Crippen molar-refractivity contribution < 1.29 is 42.0 Å². The first-order valence-corrected chi connectivity index (χ1v) is 12.0. The Morgan fingerprint density at radius 2 is 1.68 bits per heavy atom. The van der Waals surface area contributed by atoms with Gasteiger partial charge in [-0.2, -0.15) is 0 Å². The van der Waals surface area contributed by atoms with E-state index in [0.717, 1.165) is 10.4 Å². The number of aliphatic carboxylic acids is 1. The largest absolute Gasteiger partial charge is 0.573 e. The fourth-order valence-corrected chi connectivity index (χ4v) is 4.56. The van der Waals surface area contributed by atoms with Crippen molar-refractivity contribution in [1.82, 2.24) is 4.98 Å². The monoisotopic (exact) mass is 545 g/mol. The lowest BCUT2D eigenvalue weighted by molar-refractivity contribution is -0.274. The van der Waals surface area contributed by atoms with Gasteiger partial charge in [0, 0.05) is 5.56 Å². The molecule has 0 amide bonds. The van der Waals surface area contributed by atoms with Crippen LogP contribution in [0.5, 0.6) is 23.0 Å². The Balaban J connectivity index is 1.60. The molecule has 0 atom stereocenters. The molecule has 1 aromatic heterocycles. The number of carboxylic acids is 1. The smallest absolute Gasteiger partial charge is 0.497 e. The van der Waals surface area contributed by atoms with E-state index in [9.17, 15) is 18.0 Å². The molecule has 198 valence electrons. The summed E-state index contributed by atoms with van der Waals surface area (Å²) in [5, 5.41) is 9.43. The van der Waals surface area contributed by atoms with E-state index in [4.69, 9.17) is 24.3 Å². The minimum Gasteiger partial charge on any atom is -0.497 e. The zero-order valence-corrected chi connectivity index (χ0v) is 21.1. The summed E-state index contributed by atoms with van der Waals surface area (Å²) in [5.74, 6) is 0.226. The lowest BCUT2D eigenvalue weighted by atomic mass is 10.1. The van der Waals surface area contributed by atoms with Crippen LogP contribution in [0, 0.1) is 6.92 Å². The minimum absolute atomic E-state index is 0.131. The molecule has 11 heteroatoms.